The molecule has 0 spiro atoms. The van der Waals surface area contributed by atoms with E-state index in [1.54, 1.807) is 11.3 Å². The molecule has 86 valence electrons. The van der Waals surface area contributed by atoms with Gasteiger partial charge in [0.05, 0.1) is 11.1 Å². The second-order valence-corrected chi connectivity index (χ2v) is 5.11. The molecule has 1 aromatic heterocycles. The van der Waals surface area contributed by atoms with Gasteiger partial charge in [-0.1, -0.05) is 38.3 Å². The van der Waals surface area contributed by atoms with Crippen LogP contribution in [-0.2, 0) is 0 Å². The van der Waals surface area contributed by atoms with Gasteiger partial charge in [0.2, 0.25) is 0 Å². The van der Waals surface area contributed by atoms with E-state index < -0.39 is 0 Å². The first-order valence-corrected chi connectivity index (χ1v) is 6.61. The van der Waals surface area contributed by atoms with Gasteiger partial charge in [0, 0.05) is 4.88 Å². The van der Waals surface area contributed by atoms with Gasteiger partial charge in [-0.2, -0.15) is 0 Å². The molecular weight excluding hydrogens is 228 g/mol. The zero-order valence-electron chi connectivity index (χ0n) is 9.51. The predicted octanol–water partition coefficient (Wildman–Crippen LogP) is 3.65. The van der Waals surface area contributed by atoms with Gasteiger partial charge in [-0.25, -0.2) is 0 Å². The zero-order valence-corrected chi connectivity index (χ0v) is 11.1. The Morgan fingerprint density at radius 1 is 1.47 bits per heavy atom. The number of hydrogen-bond acceptors (Lipinski definition) is 3. The standard InChI is InChI=1S/C11H19ClN2S/c1-4-8(5-2)10(14-13)11-9(12)7(3)6-15-11/h6,8,10,14H,4-5,13H2,1-3H3. The Hall–Kier alpha value is -0.0900. The van der Waals surface area contributed by atoms with E-state index in [0.717, 1.165) is 23.4 Å². The quantitative estimate of drug-likeness (QED) is 0.615. The van der Waals surface area contributed by atoms with Crippen molar-refractivity contribution in [2.75, 3.05) is 0 Å². The van der Waals surface area contributed by atoms with Crippen LogP contribution in [0, 0.1) is 12.8 Å². The Morgan fingerprint density at radius 2 is 2.07 bits per heavy atom. The fraction of sp³-hybridized carbons (Fsp3) is 0.636. The molecule has 0 aromatic carbocycles. The number of thiophene rings is 1. The Labute approximate surface area is 101 Å². The molecule has 0 aliphatic rings. The minimum atomic E-state index is 0.186. The van der Waals surface area contributed by atoms with Crippen LogP contribution >= 0.6 is 22.9 Å². The molecule has 0 bridgehead atoms. The highest BCUT2D eigenvalue weighted by molar-refractivity contribution is 7.10. The van der Waals surface area contributed by atoms with Crippen molar-refractivity contribution < 1.29 is 0 Å². The van der Waals surface area contributed by atoms with Crippen molar-refractivity contribution >= 4 is 22.9 Å². The molecule has 0 saturated carbocycles. The average molecular weight is 247 g/mol. The van der Waals surface area contributed by atoms with Crippen molar-refractivity contribution in [1.29, 1.82) is 0 Å². The van der Waals surface area contributed by atoms with Gasteiger partial charge in [-0.15, -0.1) is 11.3 Å². The Kier molecular flexibility index (Phi) is 5.06. The first kappa shape index (κ1) is 13.0. The number of aryl methyl sites for hydroxylation is 1. The zero-order chi connectivity index (χ0) is 11.4. The first-order chi connectivity index (χ1) is 7.15. The largest absolute Gasteiger partial charge is 0.271 e. The lowest BCUT2D eigenvalue weighted by Crippen LogP contribution is -2.32. The highest BCUT2D eigenvalue weighted by Gasteiger charge is 2.23. The molecule has 0 aliphatic carbocycles. The van der Waals surface area contributed by atoms with E-state index in [1.165, 1.54) is 4.88 Å². The molecule has 3 N–H and O–H groups in total. The van der Waals surface area contributed by atoms with Crippen LogP contribution in [0.3, 0.4) is 0 Å². The molecule has 15 heavy (non-hydrogen) atoms. The number of hydrazine groups is 1. The highest BCUT2D eigenvalue weighted by Crippen LogP contribution is 2.37. The summed E-state index contributed by atoms with van der Waals surface area (Å²) in [7, 11) is 0. The van der Waals surface area contributed by atoms with Gasteiger partial charge < -0.3 is 0 Å². The van der Waals surface area contributed by atoms with Crippen molar-refractivity contribution in [2.24, 2.45) is 11.8 Å². The average Bonchev–Trinajstić information content (AvgIpc) is 2.57. The van der Waals surface area contributed by atoms with Crippen molar-refractivity contribution in [2.45, 2.75) is 39.7 Å². The summed E-state index contributed by atoms with van der Waals surface area (Å²) in [5.41, 5.74) is 4.04. The van der Waals surface area contributed by atoms with E-state index in [4.69, 9.17) is 17.4 Å². The molecular formula is C11H19ClN2S. The third kappa shape index (κ3) is 2.72. The van der Waals surface area contributed by atoms with Crippen LogP contribution in [-0.4, -0.2) is 0 Å². The van der Waals surface area contributed by atoms with E-state index in [2.05, 4.69) is 24.7 Å². The van der Waals surface area contributed by atoms with E-state index in [9.17, 15) is 0 Å². The summed E-state index contributed by atoms with van der Waals surface area (Å²) in [5, 5.41) is 2.96. The van der Waals surface area contributed by atoms with Crippen LogP contribution in [0.5, 0.6) is 0 Å². The smallest absolute Gasteiger partial charge is 0.0596 e. The lowest BCUT2D eigenvalue weighted by molar-refractivity contribution is 0.350. The van der Waals surface area contributed by atoms with Crippen LogP contribution in [0.1, 0.15) is 43.2 Å². The molecule has 0 fully saturated rings. The van der Waals surface area contributed by atoms with Crippen molar-refractivity contribution in [3.8, 4) is 0 Å². The number of nitrogens with two attached hydrogens (primary N) is 1. The van der Waals surface area contributed by atoms with Gasteiger partial charge in [0.25, 0.3) is 0 Å². The molecule has 1 rings (SSSR count). The van der Waals surface area contributed by atoms with Crippen LogP contribution < -0.4 is 11.3 Å². The minimum Gasteiger partial charge on any atom is -0.271 e. The molecule has 2 nitrogen and oxygen atoms in total. The van der Waals surface area contributed by atoms with Crippen LogP contribution in [0.25, 0.3) is 0 Å². The molecule has 0 radical (unpaired) electrons. The normalized spacial score (nSPS) is 13.5. The molecule has 0 amide bonds. The number of hydrogen-bond donors (Lipinski definition) is 2. The summed E-state index contributed by atoms with van der Waals surface area (Å²) in [6.45, 7) is 6.41. The summed E-state index contributed by atoms with van der Waals surface area (Å²) >= 11 is 7.95. The highest BCUT2D eigenvalue weighted by atomic mass is 35.5. The Balaban J connectivity index is 2.96. The van der Waals surface area contributed by atoms with E-state index >= 15 is 0 Å². The fourth-order valence-corrected chi connectivity index (χ4v) is 3.31. The monoisotopic (exact) mass is 246 g/mol. The first-order valence-electron chi connectivity index (χ1n) is 5.35. The molecule has 0 saturated heterocycles. The summed E-state index contributed by atoms with van der Waals surface area (Å²) in [6, 6.07) is 0.186. The SMILES string of the molecule is CCC(CC)C(NN)c1scc(C)c1Cl. The third-order valence-electron chi connectivity index (χ3n) is 2.91. The Morgan fingerprint density at radius 3 is 2.40 bits per heavy atom. The summed E-state index contributed by atoms with van der Waals surface area (Å²) in [5.74, 6) is 6.18. The number of halogens is 1. The van der Waals surface area contributed by atoms with Crippen molar-refractivity contribution in [3.05, 3.63) is 20.8 Å². The molecule has 0 aliphatic heterocycles. The van der Waals surface area contributed by atoms with Crippen LogP contribution in [0.2, 0.25) is 5.02 Å². The van der Waals surface area contributed by atoms with E-state index in [-0.39, 0.29) is 6.04 Å². The second-order valence-electron chi connectivity index (χ2n) is 3.82. The number of nitrogens with one attached hydrogen (secondary N) is 1. The Bertz CT molecular complexity index is 308. The van der Waals surface area contributed by atoms with Crippen molar-refractivity contribution in [1.82, 2.24) is 5.43 Å². The van der Waals surface area contributed by atoms with Gasteiger partial charge in [0.15, 0.2) is 0 Å². The maximum atomic E-state index is 6.26. The maximum Gasteiger partial charge on any atom is 0.0596 e. The molecule has 1 aromatic rings. The fourth-order valence-electron chi connectivity index (χ4n) is 1.85. The predicted molar refractivity (Wildman–Crippen MR) is 68.2 cm³/mol. The molecule has 1 atom stereocenters. The summed E-state index contributed by atoms with van der Waals surface area (Å²) in [4.78, 5) is 1.17. The van der Waals surface area contributed by atoms with E-state index in [0.29, 0.717) is 5.92 Å². The van der Waals surface area contributed by atoms with Gasteiger partial charge >= 0.3 is 0 Å². The van der Waals surface area contributed by atoms with Crippen LogP contribution in [0.15, 0.2) is 5.38 Å². The summed E-state index contributed by atoms with van der Waals surface area (Å²) in [6.07, 6.45) is 2.22. The van der Waals surface area contributed by atoms with Gasteiger partial charge in [-0.05, 0) is 23.8 Å². The molecule has 1 heterocycles. The topological polar surface area (TPSA) is 38.0 Å². The van der Waals surface area contributed by atoms with Crippen LogP contribution in [0.4, 0.5) is 0 Å². The lowest BCUT2D eigenvalue weighted by atomic mass is 9.93. The van der Waals surface area contributed by atoms with Gasteiger partial charge in [-0.3, -0.25) is 11.3 Å². The van der Waals surface area contributed by atoms with E-state index in [1.807, 2.05) is 6.92 Å². The lowest BCUT2D eigenvalue weighted by Gasteiger charge is -2.23. The third-order valence-corrected chi connectivity index (χ3v) is 4.70. The minimum absolute atomic E-state index is 0.186. The van der Waals surface area contributed by atoms with Gasteiger partial charge in [0.1, 0.15) is 0 Å². The molecule has 1 unspecified atom stereocenters. The second kappa shape index (κ2) is 5.85. The summed E-state index contributed by atoms with van der Waals surface area (Å²) < 4.78 is 0. The van der Waals surface area contributed by atoms with Crippen molar-refractivity contribution in [3.63, 3.8) is 0 Å². The maximum absolute atomic E-state index is 6.26. The molecule has 4 heteroatoms. The number of rotatable bonds is 5.